The second-order valence-electron chi connectivity index (χ2n) is 2.91. The van der Waals surface area contributed by atoms with Crippen LogP contribution in [0.25, 0.3) is 0 Å². The molecular weight excluding hydrogens is 162 g/mol. The zero-order chi connectivity index (χ0) is 10.1. The molecule has 1 N–H and O–H groups in total. The van der Waals surface area contributed by atoms with Gasteiger partial charge in [0.25, 0.3) is 0 Å². The van der Waals surface area contributed by atoms with Gasteiger partial charge in [0.15, 0.2) is 0 Å². The van der Waals surface area contributed by atoms with E-state index in [0.29, 0.717) is 6.42 Å². The second-order valence-corrected chi connectivity index (χ2v) is 2.91. The van der Waals surface area contributed by atoms with Crippen molar-refractivity contribution in [2.75, 3.05) is 0 Å². The van der Waals surface area contributed by atoms with Crippen molar-refractivity contribution < 1.29 is 5.11 Å². The molecule has 0 bridgehead atoms. The Morgan fingerprint density at radius 2 is 2.15 bits per heavy atom. The first-order valence-corrected chi connectivity index (χ1v) is 4.69. The van der Waals surface area contributed by atoms with Crippen molar-refractivity contribution in [3.05, 3.63) is 23.8 Å². The van der Waals surface area contributed by atoms with Gasteiger partial charge in [-0.15, -0.1) is 0 Å². The molecule has 2 heteroatoms. The summed E-state index contributed by atoms with van der Waals surface area (Å²) in [5, 5.41) is 9.34. The number of rotatable bonds is 5. The summed E-state index contributed by atoms with van der Waals surface area (Å²) in [5.74, 6) is 0. The van der Waals surface area contributed by atoms with E-state index in [1.54, 1.807) is 6.21 Å². The standard InChI is InChI=1S/C11H19NO/c1-4-6-7-8-11(13)12-9-10(3)5-2/h5-7,9,11,13H,4,8H2,1-3H3/b7-6-,10-5+,12-9-/t11-/m1/s1. The quantitative estimate of drug-likeness (QED) is 0.513. The molecule has 0 aromatic heterocycles. The molecule has 13 heavy (non-hydrogen) atoms. The lowest BCUT2D eigenvalue weighted by atomic mass is 10.3. The summed E-state index contributed by atoms with van der Waals surface area (Å²) in [4.78, 5) is 3.98. The van der Waals surface area contributed by atoms with Crippen molar-refractivity contribution in [1.82, 2.24) is 0 Å². The predicted molar refractivity (Wildman–Crippen MR) is 58.0 cm³/mol. The highest BCUT2D eigenvalue weighted by Gasteiger charge is 1.94. The maximum absolute atomic E-state index is 9.34. The number of allylic oxidation sites excluding steroid dienone is 3. The zero-order valence-electron chi connectivity index (χ0n) is 8.70. The van der Waals surface area contributed by atoms with Crippen LogP contribution >= 0.6 is 0 Å². The third kappa shape index (κ3) is 7.47. The van der Waals surface area contributed by atoms with Gasteiger partial charge in [0.1, 0.15) is 6.23 Å². The fourth-order valence-corrected chi connectivity index (χ4v) is 0.724. The maximum Gasteiger partial charge on any atom is 0.148 e. The summed E-state index contributed by atoms with van der Waals surface area (Å²) in [6, 6.07) is 0. The van der Waals surface area contributed by atoms with Gasteiger partial charge in [0.05, 0.1) is 0 Å². The summed E-state index contributed by atoms with van der Waals surface area (Å²) in [7, 11) is 0. The number of hydrogen-bond donors (Lipinski definition) is 1. The zero-order valence-corrected chi connectivity index (χ0v) is 8.70. The van der Waals surface area contributed by atoms with Crippen molar-refractivity contribution in [1.29, 1.82) is 0 Å². The highest BCUT2D eigenvalue weighted by atomic mass is 16.3. The molecule has 0 unspecified atom stereocenters. The number of aliphatic imine (C=N–C) groups is 1. The molecule has 74 valence electrons. The fourth-order valence-electron chi connectivity index (χ4n) is 0.724. The molecule has 0 rings (SSSR count). The molecule has 0 aliphatic heterocycles. The molecule has 0 saturated heterocycles. The number of hydrogen-bond acceptors (Lipinski definition) is 2. The summed E-state index contributed by atoms with van der Waals surface area (Å²) in [6.45, 7) is 5.97. The van der Waals surface area contributed by atoms with Crippen molar-refractivity contribution in [2.45, 2.75) is 39.8 Å². The smallest absolute Gasteiger partial charge is 0.148 e. The van der Waals surface area contributed by atoms with Gasteiger partial charge in [-0.1, -0.05) is 25.2 Å². The van der Waals surface area contributed by atoms with Gasteiger partial charge in [-0.3, -0.25) is 4.99 Å². The van der Waals surface area contributed by atoms with E-state index in [-0.39, 0.29) is 0 Å². The van der Waals surface area contributed by atoms with Gasteiger partial charge in [-0.2, -0.15) is 0 Å². The van der Waals surface area contributed by atoms with Crippen LogP contribution in [0.1, 0.15) is 33.6 Å². The second kappa shape index (κ2) is 7.74. The first-order valence-electron chi connectivity index (χ1n) is 4.69. The van der Waals surface area contributed by atoms with Crippen LogP contribution in [0.3, 0.4) is 0 Å². The van der Waals surface area contributed by atoms with Crippen LogP contribution in [-0.2, 0) is 0 Å². The van der Waals surface area contributed by atoms with Gasteiger partial charge < -0.3 is 5.11 Å². The molecule has 0 aromatic carbocycles. The lowest BCUT2D eigenvalue weighted by Crippen LogP contribution is -2.00. The Bertz CT molecular complexity index is 204. The van der Waals surface area contributed by atoms with Crippen LogP contribution in [0.2, 0.25) is 0 Å². The van der Waals surface area contributed by atoms with Crippen LogP contribution < -0.4 is 0 Å². The Kier molecular flexibility index (Phi) is 7.21. The largest absolute Gasteiger partial charge is 0.371 e. The maximum atomic E-state index is 9.34. The summed E-state index contributed by atoms with van der Waals surface area (Å²) in [6.07, 6.45) is 8.64. The minimum atomic E-state index is -0.599. The van der Waals surface area contributed by atoms with E-state index in [1.165, 1.54) is 0 Å². The van der Waals surface area contributed by atoms with Crippen LogP contribution in [0.15, 0.2) is 28.8 Å². The highest BCUT2D eigenvalue weighted by molar-refractivity contribution is 5.77. The number of aliphatic hydroxyl groups excluding tert-OH is 1. The Balaban J connectivity index is 3.80. The van der Waals surface area contributed by atoms with Gasteiger partial charge in [0, 0.05) is 12.6 Å². The molecule has 0 spiro atoms. The molecule has 0 heterocycles. The highest BCUT2D eigenvalue weighted by Crippen LogP contribution is 1.97. The molecule has 0 fully saturated rings. The van der Waals surface area contributed by atoms with Crippen LogP contribution in [-0.4, -0.2) is 17.5 Å². The lowest BCUT2D eigenvalue weighted by Gasteiger charge is -1.99. The average Bonchev–Trinajstić information content (AvgIpc) is 2.14. The molecular formula is C11H19NO. The van der Waals surface area contributed by atoms with Gasteiger partial charge in [-0.05, 0) is 25.8 Å². The molecule has 0 saturated carbocycles. The van der Waals surface area contributed by atoms with E-state index < -0.39 is 6.23 Å². The van der Waals surface area contributed by atoms with E-state index in [2.05, 4.69) is 11.9 Å². The lowest BCUT2D eigenvalue weighted by molar-refractivity contribution is 0.189. The van der Waals surface area contributed by atoms with Crippen molar-refractivity contribution in [2.24, 2.45) is 4.99 Å². The fraction of sp³-hybridized carbons (Fsp3) is 0.545. The topological polar surface area (TPSA) is 32.6 Å². The molecule has 0 aromatic rings. The molecule has 0 amide bonds. The molecule has 0 aliphatic rings. The Hall–Kier alpha value is -0.890. The Morgan fingerprint density at radius 1 is 1.46 bits per heavy atom. The van der Waals surface area contributed by atoms with Crippen molar-refractivity contribution >= 4 is 6.21 Å². The Morgan fingerprint density at radius 3 is 2.69 bits per heavy atom. The summed E-state index contributed by atoms with van der Waals surface area (Å²) < 4.78 is 0. The SMILES string of the molecule is C/C=C(C)/C=N\[C@H](O)C/C=C\CC. The van der Waals surface area contributed by atoms with Gasteiger partial charge >= 0.3 is 0 Å². The van der Waals surface area contributed by atoms with E-state index >= 15 is 0 Å². The molecule has 2 nitrogen and oxygen atoms in total. The normalized spacial score (nSPS) is 15.8. The summed E-state index contributed by atoms with van der Waals surface area (Å²) in [5.41, 5.74) is 1.07. The van der Waals surface area contributed by atoms with Crippen LogP contribution in [0.5, 0.6) is 0 Å². The third-order valence-corrected chi connectivity index (χ3v) is 1.65. The van der Waals surface area contributed by atoms with E-state index in [4.69, 9.17) is 0 Å². The minimum absolute atomic E-state index is 0.599. The van der Waals surface area contributed by atoms with Crippen molar-refractivity contribution in [3.63, 3.8) is 0 Å². The van der Waals surface area contributed by atoms with E-state index in [0.717, 1.165) is 12.0 Å². The monoisotopic (exact) mass is 181 g/mol. The van der Waals surface area contributed by atoms with E-state index in [1.807, 2.05) is 32.1 Å². The van der Waals surface area contributed by atoms with Crippen LogP contribution in [0, 0.1) is 0 Å². The average molecular weight is 181 g/mol. The minimum Gasteiger partial charge on any atom is -0.371 e. The van der Waals surface area contributed by atoms with Gasteiger partial charge in [-0.25, -0.2) is 0 Å². The van der Waals surface area contributed by atoms with Gasteiger partial charge in [0.2, 0.25) is 0 Å². The first kappa shape index (κ1) is 12.1. The number of aliphatic hydroxyl groups is 1. The molecule has 0 aliphatic carbocycles. The van der Waals surface area contributed by atoms with Crippen LogP contribution in [0.4, 0.5) is 0 Å². The predicted octanol–water partition coefficient (Wildman–Crippen LogP) is 2.70. The Labute approximate surface area is 80.7 Å². The van der Waals surface area contributed by atoms with Crippen molar-refractivity contribution in [3.8, 4) is 0 Å². The first-order chi connectivity index (χ1) is 6.20. The molecule has 0 radical (unpaired) electrons. The third-order valence-electron chi connectivity index (χ3n) is 1.65. The summed E-state index contributed by atoms with van der Waals surface area (Å²) >= 11 is 0. The number of nitrogens with zero attached hydrogens (tertiary/aromatic N) is 1. The molecule has 1 atom stereocenters. The van der Waals surface area contributed by atoms with E-state index in [9.17, 15) is 5.11 Å².